The average Bonchev–Trinajstić information content (AvgIpc) is 2.62. The minimum atomic E-state index is -0.258. The summed E-state index contributed by atoms with van der Waals surface area (Å²) in [5.41, 5.74) is 5.05. The summed E-state index contributed by atoms with van der Waals surface area (Å²) in [7, 11) is 0. The Morgan fingerprint density at radius 3 is 2.37 bits per heavy atom. The van der Waals surface area contributed by atoms with E-state index >= 15 is 0 Å². The van der Waals surface area contributed by atoms with E-state index in [1.165, 1.54) is 25.7 Å². The van der Waals surface area contributed by atoms with Crippen LogP contribution in [0.4, 0.5) is 0 Å². The van der Waals surface area contributed by atoms with Gasteiger partial charge < -0.3 is 16.4 Å². The number of nitrogens with two attached hydrogens (primary N) is 1. The molecule has 0 heterocycles. The lowest BCUT2D eigenvalue weighted by molar-refractivity contribution is -0.121. The summed E-state index contributed by atoms with van der Waals surface area (Å²) in [5.74, 6) is -0.173. The van der Waals surface area contributed by atoms with Gasteiger partial charge in [-0.15, -0.1) is 0 Å². The fourth-order valence-corrected chi connectivity index (χ4v) is 2.45. The van der Waals surface area contributed by atoms with E-state index in [4.69, 9.17) is 5.73 Å². The molecule has 0 aromatic rings. The summed E-state index contributed by atoms with van der Waals surface area (Å²) in [6.45, 7) is 1.12. The third-order valence-electron chi connectivity index (χ3n) is 3.53. The molecule has 0 unspecified atom stereocenters. The van der Waals surface area contributed by atoms with Crippen LogP contribution in [0.3, 0.4) is 0 Å². The summed E-state index contributed by atoms with van der Waals surface area (Å²) in [5, 5.41) is 6.19. The van der Waals surface area contributed by atoms with Crippen LogP contribution in [0.5, 0.6) is 0 Å². The van der Waals surface area contributed by atoms with Crippen LogP contribution < -0.4 is 16.4 Å². The molecule has 1 rings (SSSR count). The van der Waals surface area contributed by atoms with Gasteiger partial charge >= 0.3 is 0 Å². The van der Waals surface area contributed by atoms with Gasteiger partial charge in [0.05, 0.1) is 6.54 Å². The number of rotatable bonds is 8. The monoisotopic (exact) mass is 269 g/mol. The van der Waals surface area contributed by atoms with E-state index in [1.807, 2.05) is 0 Å². The van der Waals surface area contributed by atoms with Gasteiger partial charge in [-0.05, 0) is 32.2 Å². The Morgan fingerprint density at radius 2 is 1.74 bits per heavy atom. The van der Waals surface area contributed by atoms with Gasteiger partial charge in [0.1, 0.15) is 0 Å². The van der Waals surface area contributed by atoms with Crippen molar-refractivity contribution in [3.05, 3.63) is 0 Å². The Kier molecular flexibility index (Phi) is 8.21. The van der Waals surface area contributed by atoms with Crippen molar-refractivity contribution in [1.82, 2.24) is 10.6 Å². The van der Waals surface area contributed by atoms with Crippen molar-refractivity contribution in [1.29, 1.82) is 0 Å². The van der Waals surface area contributed by atoms with Crippen LogP contribution >= 0.6 is 0 Å². The van der Waals surface area contributed by atoms with E-state index in [-0.39, 0.29) is 11.8 Å². The van der Waals surface area contributed by atoms with Crippen LogP contribution in [0.25, 0.3) is 0 Å². The number of amides is 2. The predicted octanol–water partition coefficient (Wildman–Crippen LogP) is 1.07. The van der Waals surface area contributed by atoms with Gasteiger partial charge in [0.2, 0.25) is 11.8 Å². The second kappa shape index (κ2) is 9.78. The van der Waals surface area contributed by atoms with E-state index in [0.29, 0.717) is 19.0 Å². The molecule has 5 heteroatoms. The van der Waals surface area contributed by atoms with Crippen LogP contribution in [0, 0.1) is 0 Å². The molecule has 0 radical (unpaired) electrons. The zero-order valence-corrected chi connectivity index (χ0v) is 11.7. The molecule has 1 saturated carbocycles. The quantitative estimate of drug-likeness (QED) is 0.455. The highest BCUT2D eigenvalue weighted by molar-refractivity contribution is 5.78. The molecular weight excluding hydrogens is 242 g/mol. The van der Waals surface area contributed by atoms with Crippen molar-refractivity contribution in [3.8, 4) is 0 Å². The minimum Gasteiger partial charge on any atom is -0.370 e. The third-order valence-corrected chi connectivity index (χ3v) is 3.53. The molecule has 0 spiro atoms. The number of carbonyl (C=O) groups excluding carboxylic acids is 2. The normalized spacial score (nSPS) is 16.8. The molecule has 5 nitrogen and oxygen atoms in total. The maximum atomic E-state index is 11.7. The molecule has 0 aromatic carbocycles. The Hall–Kier alpha value is -1.10. The molecule has 1 fully saturated rings. The molecule has 0 bridgehead atoms. The van der Waals surface area contributed by atoms with E-state index in [2.05, 4.69) is 10.6 Å². The van der Waals surface area contributed by atoms with Gasteiger partial charge in [-0.3, -0.25) is 9.59 Å². The Morgan fingerprint density at radius 1 is 1.05 bits per heavy atom. The summed E-state index contributed by atoms with van der Waals surface area (Å²) in [4.78, 5) is 22.2. The summed E-state index contributed by atoms with van der Waals surface area (Å²) in [6.07, 6.45) is 9.36. The molecule has 0 aliphatic heterocycles. The first-order chi connectivity index (χ1) is 9.18. The highest BCUT2D eigenvalue weighted by atomic mass is 16.2. The smallest absolute Gasteiger partial charge is 0.234 e. The van der Waals surface area contributed by atoms with Crippen LogP contribution in [0.15, 0.2) is 0 Å². The lowest BCUT2D eigenvalue weighted by Crippen LogP contribution is -2.40. The lowest BCUT2D eigenvalue weighted by atomic mass is 10.1. The minimum absolute atomic E-state index is 0.0850. The maximum absolute atomic E-state index is 11.7. The lowest BCUT2D eigenvalue weighted by Gasteiger charge is -2.16. The largest absolute Gasteiger partial charge is 0.370 e. The number of hydrogen-bond donors (Lipinski definition) is 3. The highest BCUT2D eigenvalue weighted by Gasteiger charge is 2.13. The fraction of sp³-hybridized carbons (Fsp3) is 0.857. The molecule has 1 aliphatic rings. The molecule has 19 heavy (non-hydrogen) atoms. The van der Waals surface area contributed by atoms with E-state index in [0.717, 1.165) is 32.2 Å². The summed E-state index contributed by atoms with van der Waals surface area (Å²) in [6, 6.07) is 0.367. The predicted molar refractivity (Wildman–Crippen MR) is 75.5 cm³/mol. The number of hydrogen-bond acceptors (Lipinski definition) is 3. The van der Waals surface area contributed by atoms with Gasteiger partial charge in [-0.2, -0.15) is 0 Å². The average molecular weight is 269 g/mol. The zero-order valence-electron chi connectivity index (χ0n) is 11.7. The molecular formula is C14H27N3O2. The van der Waals surface area contributed by atoms with E-state index in [1.54, 1.807) is 0 Å². The van der Waals surface area contributed by atoms with E-state index in [9.17, 15) is 9.59 Å². The van der Waals surface area contributed by atoms with Gasteiger partial charge in [0.25, 0.3) is 0 Å². The van der Waals surface area contributed by atoms with Crippen molar-refractivity contribution in [2.24, 2.45) is 5.73 Å². The SMILES string of the molecule is NC(=O)CCCCNCC(=O)NC1CCCCCC1. The van der Waals surface area contributed by atoms with Gasteiger partial charge in [-0.1, -0.05) is 25.7 Å². The van der Waals surface area contributed by atoms with Crippen LogP contribution in [-0.4, -0.2) is 30.9 Å². The molecule has 110 valence electrons. The molecule has 0 saturated heterocycles. The second-order valence-corrected chi connectivity index (χ2v) is 5.36. The van der Waals surface area contributed by atoms with Crippen molar-refractivity contribution >= 4 is 11.8 Å². The first kappa shape index (κ1) is 16.0. The molecule has 2 amide bonds. The van der Waals surface area contributed by atoms with Gasteiger partial charge in [-0.25, -0.2) is 0 Å². The Bertz CT molecular complexity index is 274. The number of nitrogens with one attached hydrogen (secondary N) is 2. The Balaban J connectivity index is 1.99. The zero-order chi connectivity index (χ0) is 13.9. The molecule has 0 aromatic heterocycles. The van der Waals surface area contributed by atoms with E-state index < -0.39 is 0 Å². The second-order valence-electron chi connectivity index (χ2n) is 5.36. The highest BCUT2D eigenvalue weighted by Crippen LogP contribution is 2.16. The standard InChI is InChI=1S/C14H27N3O2/c15-13(18)9-5-6-10-16-11-14(19)17-12-7-3-1-2-4-8-12/h12,16H,1-11H2,(H2,15,18)(H,17,19). The Labute approximate surface area is 115 Å². The summed E-state index contributed by atoms with van der Waals surface area (Å²) < 4.78 is 0. The van der Waals surface area contributed by atoms with Crippen molar-refractivity contribution in [2.75, 3.05) is 13.1 Å². The summed E-state index contributed by atoms with van der Waals surface area (Å²) >= 11 is 0. The van der Waals surface area contributed by atoms with Crippen LogP contribution in [-0.2, 0) is 9.59 Å². The first-order valence-electron chi connectivity index (χ1n) is 7.47. The fourth-order valence-electron chi connectivity index (χ4n) is 2.45. The van der Waals surface area contributed by atoms with Gasteiger partial charge in [0.15, 0.2) is 0 Å². The number of primary amides is 1. The maximum Gasteiger partial charge on any atom is 0.234 e. The van der Waals surface area contributed by atoms with Gasteiger partial charge in [0, 0.05) is 12.5 Å². The van der Waals surface area contributed by atoms with Crippen molar-refractivity contribution in [2.45, 2.75) is 63.8 Å². The van der Waals surface area contributed by atoms with Crippen molar-refractivity contribution in [3.63, 3.8) is 0 Å². The first-order valence-corrected chi connectivity index (χ1v) is 7.47. The molecule has 4 N–H and O–H groups in total. The number of carbonyl (C=O) groups is 2. The van der Waals surface area contributed by atoms with Crippen LogP contribution in [0.1, 0.15) is 57.8 Å². The topological polar surface area (TPSA) is 84.2 Å². The number of unbranched alkanes of at least 4 members (excludes halogenated alkanes) is 1. The van der Waals surface area contributed by atoms with Crippen molar-refractivity contribution < 1.29 is 9.59 Å². The van der Waals surface area contributed by atoms with Crippen LogP contribution in [0.2, 0.25) is 0 Å². The molecule has 1 aliphatic carbocycles. The third kappa shape index (κ3) is 8.59. The molecule has 0 atom stereocenters.